The van der Waals surface area contributed by atoms with Gasteiger partial charge in [0.15, 0.2) is 10.4 Å². The van der Waals surface area contributed by atoms with E-state index in [2.05, 4.69) is 65.4 Å². The quantitative estimate of drug-likeness (QED) is 0.133. The summed E-state index contributed by atoms with van der Waals surface area (Å²) >= 11 is 3.29. The molecule has 3 aromatic rings. The van der Waals surface area contributed by atoms with Crippen LogP contribution in [0.3, 0.4) is 0 Å². The fraction of sp³-hybridized carbons (Fsp3) is 0.514. The van der Waals surface area contributed by atoms with Crippen molar-refractivity contribution in [3.05, 3.63) is 87.3 Å². The molecule has 0 bridgehead atoms. The van der Waals surface area contributed by atoms with Gasteiger partial charge < -0.3 is 19.7 Å². The van der Waals surface area contributed by atoms with Crippen LogP contribution in [0.25, 0.3) is 0 Å². The van der Waals surface area contributed by atoms with Crippen molar-refractivity contribution in [3.63, 3.8) is 0 Å². The molecule has 2 N–H and O–H groups in total. The second-order valence-electron chi connectivity index (χ2n) is 12.4. The molecule has 0 spiro atoms. The lowest BCUT2D eigenvalue weighted by atomic mass is 9.88. The molecule has 0 saturated carbocycles. The van der Waals surface area contributed by atoms with E-state index < -0.39 is 6.10 Å². The molecule has 0 aliphatic carbocycles. The summed E-state index contributed by atoms with van der Waals surface area (Å²) in [6, 6.07) is 18.1. The predicted molar refractivity (Wildman–Crippen MR) is 181 cm³/mol. The summed E-state index contributed by atoms with van der Waals surface area (Å²) in [6.07, 6.45) is 12.2. The van der Waals surface area contributed by atoms with Crippen LogP contribution in [0.15, 0.2) is 63.7 Å². The molecule has 0 radical (unpaired) electrons. The number of nitrogens with zero attached hydrogens (tertiary/aromatic N) is 1. The maximum absolute atomic E-state index is 13.1. The van der Waals surface area contributed by atoms with Gasteiger partial charge in [0.2, 0.25) is 5.91 Å². The van der Waals surface area contributed by atoms with Crippen molar-refractivity contribution < 1.29 is 19.1 Å². The number of hydrogen-bond donors (Lipinski definition) is 2. The van der Waals surface area contributed by atoms with Gasteiger partial charge in [-0.3, -0.25) is 9.59 Å². The van der Waals surface area contributed by atoms with E-state index in [9.17, 15) is 14.7 Å². The molecule has 7 heteroatoms. The van der Waals surface area contributed by atoms with Gasteiger partial charge in [0, 0.05) is 25.2 Å². The lowest BCUT2D eigenvalue weighted by molar-refractivity contribution is -0.127. The monoisotopic (exact) mass is 664 g/mol. The molecule has 238 valence electrons. The average Bonchev–Trinajstić information content (AvgIpc) is 3.64. The van der Waals surface area contributed by atoms with E-state index in [1.807, 2.05) is 17.0 Å². The van der Waals surface area contributed by atoms with Crippen LogP contribution in [0.5, 0.6) is 0 Å². The first kappa shape index (κ1) is 34.0. The maximum atomic E-state index is 13.1. The lowest BCUT2D eigenvalue weighted by Crippen LogP contribution is -2.25. The fourth-order valence-electron chi connectivity index (χ4n) is 6.35. The van der Waals surface area contributed by atoms with Gasteiger partial charge in [-0.25, -0.2) is 0 Å². The average molecular weight is 666 g/mol. The SMILES string of the molecule is CCCC(CCCCc1ccccc1C)Cc1ccc(C(O)CCCCCN2CCCC2=O)cc1NC(=O)c1ccc(Br)o1. The number of halogens is 1. The second kappa shape index (κ2) is 17.6. The number of unbranched alkanes of at least 4 members (excludes halogenated alkanes) is 3. The molecule has 6 nitrogen and oxygen atoms in total. The molecule has 2 heterocycles. The van der Waals surface area contributed by atoms with Crippen molar-refractivity contribution in [3.8, 4) is 0 Å². The molecule has 1 aliphatic rings. The standard InChI is InChI=1S/C37H49BrN2O4/c1-3-12-28(14-7-9-16-29-15-8-6-13-27(29)2)25-30-19-20-31(26-32(30)39-37(43)34-21-22-35(38)44-34)33(41)17-5-4-10-23-40-24-11-18-36(40)42/h6,8,13,15,19-22,26,28,33,41H,3-5,7,9-12,14,16-18,23-25H2,1-2H3,(H,39,43). The highest BCUT2D eigenvalue weighted by atomic mass is 79.9. The molecule has 1 aliphatic heterocycles. The highest BCUT2D eigenvalue weighted by Crippen LogP contribution is 2.30. The molecule has 44 heavy (non-hydrogen) atoms. The highest BCUT2D eigenvalue weighted by Gasteiger charge is 2.20. The van der Waals surface area contributed by atoms with Crippen molar-refractivity contribution in [1.82, 2.24) is 4.90 Å². The van der Waals surface area contributed by atoms with Gasteiger partial charge in [0.25, 0.3) is 5.91 Å². The minimum absolute atomic E-state index is 0.242. The van der Waals surface area contributed by atoms with E-state index in [1.165, 1.54) is 24.0 Å². The number of hydrogen-bond acceptors (Lipinski definition) is 4. The zero-order valence-electron chi connectivity index (χ0n) is 26.5. The zero-order valence-corrected chi connectivity index (χ0v) is 28.0. The van der Waals surface area contributed by atoms with Gasteiger partial charge in [-0.15, -0.1) is 0 Å². The van der Waals surface area contributed by atoms with Crippen molar-refractivity contribution >= 4 is 33.4 Å². The third-order valence-corrected chi connectivity index (χ3v) is 9.34. The summed E-state index contributed by atoms with van der Waals surface area (Å²) in [5.41, 5.74) is 5.44. The van der Waals surface area contributed by atoms with E-state index in [0.717, 1.165) is 87.7 Å². The first-order valence-electron chi connectivity index (χ1n) is 16.5. The van der Waals surface area contributed by atoms with Crippen LogP contribution in [-0.2, 0) is 17.6 Å². The van der Waals surface area contributed by atoms with Crippen molar-refractivity contribution in [2.45, 2.75) is 103 Å². The first-order chi connectivity index (χ1) is 21.3. The predicted octanol–water partition coefficient (Wildman–Crippen LogP) is 9.19. The summed E-state index contributed by atoms with van der Waals surface area (Å²) in [7, 11) is 0. The van der Waals surface area contributed by atoms with Crippen molar-refractivity contribution in [2.75, 3.05) is 18.4 Å². The molecule has 1 aromatic heterocycles. The Hall–Kier alpha value is -2.90. The fourth-order valence-corrected chi connectivity index (χ4v) is 6.65. The van der Waals surface area contributed by atoms with E-state index in [0.29, 0.717) is 23.4 Å². The molecular formula is C37H49BrN2O4. The van der Waals surface area contributed by atoms with Crippen molar-refractivity contribution in [2.24, 2.45) is 5.92 Å². The van der Waals surface area contributed by atoms with E-state index in [-0.39, 0.29) is 17.6 Å². The van der Waals surface area contributed by atoms with Crippen LogP contribution in [0.1, 0.15) is 116 Å². The van der Waals surface area contributed by atoms with Crippen LogP contribution in [0.4, 0.5) is 5.69 Å². The van der Waals surface area contributed by atoms with Gasteiger partial charge in [0.1, 0.15) is 0 Å². The van der Waals surface area contributed by atoms with Gasteiger partial charge in [0.05, 0.1) is 6.10 Å². The smallest absolute Gasteiger partial charge is 0.291 e. The number of rotatable bonds is 18. The zero-order chi connectivity index (χ0) is 31.3. The molecule has 2 unspecified atom stereocenters. The summed E-state index contributed by atoms with van der Waals surface area (Å²) in [6.45, 7) is 6.11. The summed E-state index contributed by atoms with van der Waals surface area (Å²) in [5, 5.41) is 14.2. The Labute approximate surface area is 271 Å². The van der Waals surface area contributed by atoms with E-state index in [1.54, 1.807) is 12.1 Å². The maximum Gasteiger partial charge on any atom is 0.291 e. The van der Waals surface area contributed by atoms with Crippen LogP contribution < -0.4 is 5.32 Å². The number of anilines is 1. The molecule has 2 atom stereocenters. The summed E-state index contributed by atoms with van der Waals surface area (Å²) < 4.78 is 6.02. The van der Waals surface area contributed by atoms with Gasteiger partial charge in [-0.05, 0) is 108 Å². The molecule has 1 fully saturated rings. The van der Waals surface area contributed by atoms with Crippen molar-refractivity contribution in [1.29, 1.82) is 0 Å². The Bertz CT molecular complexity index is 1350. The molecule has 1 saturated heterocycles. The number of aryl methyl sites for hydroxylation is 2. The Morgan fingerprint density at radius 3 is 2.55 bits per heavy atom. The third-order valence-electron chi connectivity index (χ3n) is 8.92. The van der Waals surface area contributed by atoms with Crippen LogP contribution in [-0.4, -0.2) is 34.9 Å². The summed E-state index contributed by atoms with van der Waals surface area (Å²) in [4.78, 5) is 26.9. The number of aliphatic hydroxyl groups is 1. The number of aliphatic hydroxyl groups excluding tert-OH is 1. The Morgan fingerprint density at radius 1 is 1.00 bits per heavy atom. The largest absolute Gasteiger partial charge is 0.444 e. The highest BCUT2D eigenvalue weighted by molar-refractivity contribution is 9.10. The topological polar surface area (TPSA) is 82.8 Å². The van der Waals surface area contributed by atoms with Gasteiger partial charge in [-0.2, -0.15) is 0 Å². The number of carbonyl (C=O) groups excluding carboxylic acids is 2. The third kappa shape index (κ3) is 10.3. The summed E-state index contributed by atoms with van der Waals surface area (Å²) in [5.74, 6) is 0.727. The Morgan fingerprint density at radius 2 is 1.82 bits per heavy atom. The Kier molecular flexibility index (Phi) is 13.6. The Balaban J connectivity index is 1.38. The first-order valence-corrected chi connectivity index (χ1v) is 17.3. The molecule has 2 amide bonds. The number of nitrogens with one attached hydrogen (secondary N) is 1. The second-order valence-corrected chi connectivity index (χ2v) is 13.1. The number of carbonyl (C=O) groups is 2. The van der Waals surface area contributed by atoms with Crippen LogP contribution in [0.2, 0.25) is 0 Å². The van der Waals surface area contributed by atoms with Crippen LogP contribution in [0, 0.1) is 12.8 Å². The van der Waals surface area contributed by atoms with Gasteiger partial charge >= 0.3 is 0 Å². The van der Waals surface area contributed by atoms with Crippen LogP contribution >= 0.6 is 15.9 Å². The minimum atomic E-state index is -0.612. The van der Waals surface area contributed by atoms with E-state index in [4.69, 9.17) is 4.42 Å². The number of benzene rings is 2. The molecule has 2 aromatic carbocycles. The molecular weight excluding hydrogens is 616 g/mol. The van der Waals surface area contributed by atoms with Gasteiger partial charge in [-0.1, -0.05) is 81.8 Å². The number of furan rings is 1. The van der Waals surface area contributed by atoms with E-state index >= 15 is 0 Å². The minimum Gasteiger partial charge on any atom is -0.444 e. The molecule has 4 rings (SSSR count). The number of amides is 2. The normalized spacial score (nSPS) is 14.6. The number of likely N-dealkylation sites (tertiary alicyclic amines) is 1. The lowest BCUT2D eigenvalue weighted by Gasteiger charge is -2.21.